The standard InChI is InChI=1S/C13H15N3OS/c1-2-14-12-7-3-6-11(16-12)13(17)15-9-10-5-4-8-18-10/h3-8H,2,9H2,1H3,(H,14,16)(H,15,17). The van der Waals surface area contributed by atoms with Gasteiger partial charge >= 0.3 is 0 Å². The van der Waals surface area contributed by atoms with Crippen molar-refractivity contribution in [2.24, 2.45) is 0 Å². The van der Waals surface area contributed by atoms with Gasteiger partial charge in [0.05, 0.1) is 6.54 Å². The van der Waals surface area contributed by atoms with Crippen LogP contribution < -0.4 is 10.6 Å². The van der Waals surface area contributed by atoms with Gasteiger partial charge in [-0.1, -0.05) is 12.1 Å². The van der Waals surface area contributed by atoms with Gasteiger partial charge in [0.25, 0.3) is 5.91 Å². The first-order valence-corrected chi connectivity index (χ1v) is 6.69. The number of hydrogen-bond donors (Lipinski definition) is 2. The lowest BCUT2D eigenvalue weighted by Gasteiger charge is -2.06. The third-order valence-electron chi connectivity index (χ3n) is 2.34. The molecular weight excluding hydrogens is 246 g/mol. The highest BCUT2D eigenvalue weighted by Gasteiger charge is 2.07. The van der Waals surface area contributed by atoms with Crippen LogP contribution in [0.25, 0.3) is 0 Å². The first kappa shape index (κ1) is 12.6. The van der Waals surface area contributed by atoms with Crippen LogP contribution in [0, 0.1) is 0 Å². The molecule has 0 spiro atoms. The number of rotatable bonds is 5. The summed E-state index contributed by atoms with van der Waals surface area (Å²) < 4.78 is 0. The van der Waals surface area contributed by atoms with Crippen molar-refractivity contribution in [3.8, 4) is 0 Å². The highest BCUT2D eigenvalue weighted by molar-refractivity contribution is 7.09. The molecule has 0 saturated carbocycles. The lowest BCUT2D eigenvalue weighted by atomic mass is 10.3. The van der Waals surface area contributed by atoms with Crippen LogP contribution in [0.15, 0.2) is 35.7 Å². The Morgan fingerprint density at radius 1 is 1.33 bits per heavy atom. The van der Waals surface area contributed by atoms with Crippen molar-refractivity contribution in [1.29, 1.82) is 0 Å². The summed E-state index contributed by atoms with van der Waals surface area (Å²) >= 11 is 1.62. The first-order chi connectivity index (χ1) is 8.79. The van der Waals surface area contributed by atoms with Gasteiger partial charge < -0.3 is 10.6 Å². The molecule has 0 aliphatic carbocycles. The molecule has 0 aliphatic rings. The van der Waals surface area contributed by atoms with E-state index in [4.69, 9.17) is 0 Å². The highest BCUT2D eigenvalue weighted by atomic mass is 32.1. The molecule has 2 aromatic heterocycles. The maximum Gasteiger partial charge on any atom is 0.270 e. The average molecular weight is 261 g/mol. The molecule has 94 valence electrons. The summed E-state index contributed by atoms with van der Waals surface area (Å²) in [6, 6.07) is 9.35. The number of carbonyl (C=O) groups is 1. The Bertz CT molecular complexity index is 511. The number of thiophene rings is 1. The van der Waals surface area contributed by atoms with E-state index in [0.29, 0.717) is 12.2 Å². The molecule has 0 fully saturated rings. The highest BCUT2D eigenvalue weighted by Crippen LogP contribution is 2.08. The second-order valence-corrected chi connectivity index (χ2v) is 4.73. The minimum Gasteiger partial charge on any atom is -0.370 e. The Labute approximate surface area is 110 Å². The SMILES string of the molecule is CCNc1cccc(C(=O)NCc2cccs2)n1. The van der Waals surface area contributed by atoms with Crippen LogP contribution in [-0.2, 0) is 6.54 Å². The summed E-state index contributed by atoms with van der Waals surface area (Å²) in [6.45, 7) is 3.32. The van der Waals surface area contributed by atoms with Crippen LogP contribution in [0.5, 0.6) is 0 Å². The molecule has 2 heterocycles. The van der Waals surface area contributed by atoms with Crippen LogP contribution in [0.3, 0.4) is 0 Å². The van der Waals surface area contributed by atoms with E-state index < -0.39 is 0 Å². The predicted molar refractivity (Wildman–Crippen MR) is 73.9 cm³/mol. The Morgan fingerprint density at radius 3 is 2.94 bits per heavy atom. The van der Waals surface area contributed by atoms with Gasteiger partial charge in [0.1, 0.15) is 11.5 Å². The topological polar surface area (TPSA) is 54.0 Å². The monoisotopic (exact) mass is 261 g/mol. The smallest absolute Gasteiger partial charge is 0.270 e. The van der Waals surface area contributed by atoms with Crippen molar-refractivity contribution in [3.63, 3.8) is 0 Å². The van der Waals surface area contributed by atoms with Crippen LogP contribution in [0.2, 0.25) is 0 Å². The van der Waals surface area contributed by atoms with Crippen LogP contribution in [-0.4, -0.2) is 17.4 Å². The fourth-order valence-electron chi connectivity index (χ4n) is 1.51. The van der Waals surface area contributed by atoms with Gasteiger partial charge in [-0.3, -0.25) is 4.79 Å². The molecule has 1 amide bonds. The van der Waals surface area contributed by atoms with E-state index in [1.54, 1.807) is 17.4 Å². The maximum absolute atomic E-state index is 11.9. The number of nitrogens with one attached hydrogen (secondary N) is 2. The van der Waals surface area contributed by atoms with E-state index in [-0.39, 0.29) is 5.91 Å². The Morgan fingerprint density at radius 2 is 2.22 bits per heavy atom. The molecule has 2 aromatic rings. The van der Waals surface area contributed by atoms with E-state index >= 15 is 0 Å². The molecule has 0 aliphatic heterocycles. The van der Waals surface area contributed by atoms with E-state index in [2.05, 4.69) is 15.6 Å². The fourth-order valence-corrected chi connectivity index (χ4v) is 2.16. The molecule has 5 heteroatoms. The minimum absolute atomic E-state index is 0.150. The zero-order valence-corrected chi connectivity index (χ0v) is 11.0. The van der Waals surface area contributed by atoms with Crippen molar-refractivity contribution in [3.05, 3.63) is 46.3 Å². The van der Waals surface area contributed by atoms with E-state index in [0.717, 1.165) is 17.2 Å². The third-order valence-corrected chi connectivity index (χ3v) is 3.22. The zero-order chi connectivity index (χ0) is 12.8. The molecule has 0 atom stereocenters. The number of nitrogens with zero attached hydrogens (tertiary/aromatic N) is 1. The molecule has 0 bridgehead atoms. The predicted octanol–water partition coefficient (Wildman–Crippen LogP) is 2.50. The van der Waals surface area contributed by atoms with Crippen molar-refractivity contribution in [1.82, 2.24) is 10.3 Å². The zero-order valence-electron chi connectivity index (χ0n) is 10.1. The largest absolute Gasteiger partial charge is 0.370 e. The summed E-state index contributed by atoms with van der Waals surface area (Å²) in [4.78, 5) is 17.3. The molecule has 0 aromatic carbocycles. The number of amides is 1. The molecule has 4 nitrogen and oxygen atoms in total. The minimum atomic E-state index is -0.150. The van der Waals surface area contributed by atoms with Crippen molar-refractivity contribution >= 4 is 23.1 Å². The average Bonchev–Trinajstić information content (AvgIpc) is 2.90. The van der Waals surface area contributed by atoms with E-state index in [1.807, 2.05) is 36.6 Å². The third kappa shape index (κ3) is 3.30. The van der Waals surface area contributed by atoms with Gasteiger partial charge in [0, 0.05) is 11.4 Å². The van der Waals surface area contributed by atoms with Gasteiger partial charge in [-0.2, -0.15) is 0 Å². The van der Waals surface area contributed by atoms with Gasteiger partial charge in [-0.05, 0) is 30.5 Å². The lowest BCUT2D eigenvalue weighted by molar-refractivity contribution is 0.0946. The Balaban J connectivity index is 1.97. The lowest BCUT2D eigenvalue weighted by Crippen LogP contribution is -2.23. The maximum atomic E-state index is 11.9. The normalized spacial score (nSPS) is 10.1. The van der Waals surface area contributed by atoms with Crippen LogP contribution >= 0.6 is 11.3 Å². The van der Waals surface area contributed by atoms with Gasteiger partial charge in [0.2, 0.25) is 0 Å². The summed E-state index contributed by atoms with van der Waals surface area (Å²) in [5.74, 6) is 0.574. The number of aromatic nitrogens is 1. The number of hydrogen-bond acceptors (Lipinski definition) is 4. The number of carbonyl (C=O) groups excluding carboxylic acids is 1. The number of pyridine rings is 1. The Hall–Kier alpha value is -1.88. The van der Waals surface area contributed by atoms with Crippen LogP contribution in [0.4, 0.5) is 5.82 Å². The Kier molecular flexibility index (Phi) is 4.30. The van der Waals surface area contributed by atoms with Crippen molar-refractivity contribution < 1.29 is 4.79 Å². The van der Waals surface area contributed by atoms with Crippen molar-refractivity contribution in [2.45, 2.75) is 13.5 Å². The second-order valence-electron chi connectivity index (χ2n) is 3.70. The molecule has 0 radical (unpaired) electrons. The van der Waals surface area contributed by atoms with Gasteiger partial charge in [-0.15, -0.1) is 11.3 Å². The second kappa shape index (κ2) is 6.16. The van der Waals surface area contributed by atoms with Crippen molar-refractivity contribution in [2.75, 3.05) is 11.9 Å². The molecular formula is C13H15N3OS. The molecule has 0 unspecified atom stereocenters. The summed E-state index contributed by atoms with van der Waals surface area (Å²) in [5, 5.41) is 7.93. The number of anilines is 1. The molecule has 2 rings (SSSR count). The quantitative estimate of drug-likeness (QED) is 0.869. The molecule has 2 N–H and O–H groups in total. The molecule has 0 saturated heterocycles. The van der Waals surface area contributed by atoms with Gasteiger partial charge in [0.15, 0.2) is 0 Å². The van der Waals surface area contributed by atoms with E-state index in [9.17, 15) is 4.79 Å². The fraction of sp³-hybridized carbons (Fsp3) is 0.231. The first-order valence-electron chi connectivity index (χ1n) is 5.81. The summed E-state index contributed by atoms with van der Waals surface area (Å²) in [6.07, 6.45) is 0. The van der Waals surface area contributed by atoms with Crippen LogP contribution in [0.1, 0.15) is 22.3 Å². The van der Waals surface area contributed by atoms with Gasteiger partial charge in [-0.25, -0.2) is 4.98 Å². The molecule has 18 heavy (non-hydrogen) atoms. The summed E-state index contributed by atoms with van der Waals surface area (Å²) in [5.41, 5.74) is 0.435. The summed E-state index contributed by atoms with van der Waals surface area (Å²) in [7, 11) is 0. The van der Waals surface area contributed by atoms with E-state index in [1.165, 1.54) is 0 Å².